The van der Waals surface area contributed by atoms with Crippen molar-refractivity contribution < 1.29 is 4.79 Å². The number of aryl methyl sites for hydroxylation is 2. The number of nitrogen functional groups attached to an aromatic ring is 1. The first-order valence-electron chi connectivity index (χ1n) is 5.83. The van der Waals surface area contributed by atoms with Gasteiger partial charge in [0.15, 0.2) is 0 Å². The molecule has 0 unspecified atom stereocenters. The Balaban J connectivity index is 2.12. The van der Waals surface area contributed by atoms with Gasteiger partial charge in [-0.3, -0.25) is 9.89 Å². The molecule has 4 N–H and O–H groups in total. The van der Waals surface area contributed by atoms with Crippen LogP contribution in [-0.2, 0) is 6.54 Å². The Labute approximate surface area is 119 Å². The molecule has 0 aliphatic heterocycles. The second kappa shape index (κ2) is 5.44. The standard InChI is InChI=1S/C13H15BrN4O/c1-7-10(8(2)18-17-7)6-16-13(19)9-4-3-5-11(14)12(9)15/h3-5H,6,15H2,1-2H3,(H,16,19)(H,17,18). The highest BCUT2D eigenvalue weighted by Crippen LogP contribution is 2.23. The van der Waals surface area contributed by atoms with Gasteiger partial charge in [-0.25, -0.2) is 0 Å². The first-order valence-corrected chi connectivity index (χ1v) is 6.62. The van der Waals surface area contributed by atoms with E-state index in [1.54, 1.807) is 18.2 Å². The molecule has 0 aliphatic rings. The molecule has 0 bridgehead atoms. The van der Waals surface area contributed by atoms with Gasteiger partial charge in [-0.15, -0.1) is 0 Å². The molecule has 5 nitrogen and oxygen atoms in total. The van der Waals surface area contributed by atoms with Crippen LogP contribution in [0, 0.1) is 13.8 Å². The van der Waals surface area contributed by atoms with E-state index in [4.69, 9.17) is 5.73 Å². The van der Waals surface area contributed by atoms with Crippen molar-refractivity contribution in [2.75, 3.05) is 5.73 Å². The molecule has 0 fully saturated rings. The first kappa shape index (κ1) is 13.6. The predicted molar refractivity (Wildman–Crippen MR) is 77.8 cm³/mol. The predicted octanol–water partition coefficient (Wildman–Crippen LogP) is 2.30. The average Bonchev–Trinajstić information content (AvgIpc) is 2.70. The van der Waals surface area contributed by atoms with E-state index in [2.05, 4.69) is 31.4 Å². The Hall–Kier alpha value is -1.82. The van der Waals surface area contributed by atoms with Crippen molar-refractivity contribution in [1.82, 2.24) is 15.5 Å². The molecule has 2 rings (SSSR count). The zero-order chi connectivity index (χ0) is 14.0. The molecule has 1 heterocycles. The number of anilines is 1. The summed E-state index contributed by atoms with van der Waals surface area (Å²) in [7, 11) is 0. The van der Waals surface area contributed by atoms with Crippen LogP contribution in [0.1, 0.15) is 27.3 Å². The Morgan fingerprint density at radius 1 is 1.47 bits per heavy atom. The molecule has 0 saturated carbocycles. The summed E-state index contributed by atoms with van der Waals surface area (Å²) in [6, 6.07) is 5.28. The molecule has 2 aromatic rings. The number of hydrogen-bond acceptors (Lipinski definition) is 3. The largest absolute Gasteiger partial charge is 0.397 e. The summed E-state index contributed by atoms with van der Waals surface area (Å²) in [4.78, 5) is 12.1. The smallest absolute Gasteiger partial charge is 0.253 e. The highest BCUT2D eigenvalue weighted by molar-refractivity contribution is 9.10. The van der Waals surface area contributed by atoms with Gasteiger partial charge in [0.05, 0.1) is 16.9 Å². The second-order valence-electron chi connectivity index (χ2n) is 4.30. The summed E-state index contributed by atoms with van der Waals surface area (Å²) >= 11 is 3.31. The number of aromatic nitrogens is 2. The van der Waals surface area contributed by atoms with Crippen molar-refractivity contribution in [2.45, 2.75) is 20.4 Å². The number of aromatic amines is 1. The average molecular weight is 323 g/mol. The number of hydrogen-bond donors (Lipinski definition) is 3. The highest BCUT2D eigenvalue weighted by atomic mass is 79.9. The second-order valence-corrected chi connectivity index (χ2v) is 5.15. The molecule has 1 aromatic carbocycles. The van der Waals surface area contributed by atoms with Crippen molar-refractivity contribution in [3.63, 3.8) is 0 Å². The number of rotatable bonds is 3. The summed E-state index contributed by atoms with van der Waals surface area (Å²) in [6.07, 6.45) is 0. The summed E-state index contributed by atoms with van der Waals surface area (Å²) < 4.78 is 0.718. The number of carbonyl (C=O) groups excluding carboxylic acids is 1. The molecule has 0 atom stereocenters. The Kier molecular flexibility index (Phi) is 3.90. The van der Waals surface area contributed by atoms with E-state index in [9.17, 15) is 4.79 Å². The fourth-order valence-electron chi connectivity index (χ4n) is 1.83. The zero-order valence-electron chi connectivity index (χ0n) is 10.7. The van der Waals surface area contributed by atoms with Gasteiger partial charge in [-0.1, -0.05) is 6.07 Å². The molecular weight excluding hydrogens is 308 g/mol. The number of halogens is 1. The van der Waals surface area contributed by atoms with E-state index in [0.29, 0.717) is 17.8 Å². The van der Waals surface area contributed by atoms with E-state index in [1.165, 1.54) is 0 Å². The SMILES string of the molecule is Cc1n[nH]c(C)c1CNC(=O)c1cccc(Br)c1N. The molecule has 1 aromatic heterocycles. The van der Waals surface area contributed by atoms with Gasteiger partial charge in [0.25, 0.3) is 5.91 Å². The van der Waals surface area contributed by atoms with Gasteiger partial charge in [0.2, 0.25) is 0 Å². The molecule has 6 heteroatoms. The third-order valence-electron chi connectivity index (χ3n) is 3.00. The maximum absolute atomic E-state index is 12.1. The van der Waals surface area contributed by atoms with Gasteiger partial charge in [0, 0.05) is 22.3 Å². The third-order valence-corrected chi connectivity index (χ3v) is 3.70. The van der Waals surface area contributed by atoms with Crippen molar-refractivity contribution in [1.29, 1.82) is 0 Å². The minimum atomic E-state index is -0.196. The molecule has 0 spiro atoms. The minimum absolute atomic E-state index is 0.196. The van der Waals surface area contributed by atoms with E-state index in [1.807, 2.05) is 13.8 Å². The zero-order valence-corrected chi connectivity index (χ0v) is 12.3. The summed E-state index contributed by atoms with van der Waals surface area (Å²) in [5.74, 6) is -0.196. The first-order chi connectivity index (χ1) is 9.00. The normalized spacial score (nSPS) is 10.5. The van der Waals surface area contributed by atoms with Crippen molar-refractivity contribution >= 4 is 27.5 Å². The molecule has 0 radical (unpaired) electrons. The maximum atomic E-state index is 12.1. The Morgan fingerprint density at radius 2 is 2.21 bits per heavy atom. The maximum Gasteiger partial charge on any atom is 0.253 e. The van der Waals surface area contributed by atoms with Crippen molar-refractivity contribution in [3.05, 3.63) is 45.2 Å². The fraction of sp³-hybridized carbons (Fsp3) is 0.231. The van der Waals surface area contributed by atoms with Crippen molar-refractivity contribution in [3.8, 4) is 0 Å². The topological polar surface area (TPSA) is 83.8 Å². The van der Waals surface area contributed by atoms with Crippen LogP contribution in [-0.4, -0.2) is 16.1 Å². The lowest BCUT2D eigenvalue weighted by atomic mass is 10.1. The van der Waals surface area contributed by atoms with E-state index < -0.39 is 0 Å². The molecule has 0 saturated heterocycles. The monoisotopic (exact) mass is 322 g/mol. The number of benzene rings is 1. The van der Waals surface area contributed by atoms with Gasteiger partial charge in [0.1, 0.15) is 0 Å². The van der Waals surface area contributed by atoms with Crippen LogP contribution in [0.5, 0.6) is 0 Å². The van der Waals surface area contributed by atoms with E-state index >= 15 is 0 Å². The summed E-state index contributed by atoms with van der Waals surface area (Å²) in [5, 5.41) is 9.83. The minimum Gasteiger partial charge on any atom is -0.397 e. The van der Waals surface area contributed by atoms with Crippen LogP contribution >= 0.6 is 15.9 Å². The molecular formula is C13H15BrN4O. The molecule has 100 valence electrons. The lowest BCUT2D eigenvalue weighted by Gasteiger charge is -2.08. The number of H-pyrrole nitrogens is 1. The fourth-order valence-corrected chi connectivity index (χ4v) is 2.20. The van der Waals surface area contributed by atoms with Crippen LogP contribution in [0.25, 0.3) is 0 Å². The van der Waals surface area contributed by atoms with E-state index in [0.717, 1.165) is 21.4 Å². The van der Waals surface area contributed by atoms with E-state index in [-0.39, 0.29) is 5.91 Å². The van der Waals surface area contributed by atoms with Gasteiger partial charge < -0.3 is 11.1 Å². The molecule has 1 amide bonds. The lowest BCUT2D eigenvalue weighted by Crippen LogP contribution is -2.24. The number of para-hydroxylation sites is 1. The van der Waals surface area contributed by atoms with Gasteiger partial charge in [-0.05, 0) is 41.9 Å². The summed E-state index contributed by atoms with van der Waals surface area (Å²) in [6.45, 7) is 4.26. The molecule has 19 heavy (non-hydrogen) atoms. The quantitative estimate of drug-likeness (QED) is 0.758. The number of nitrogens with two attached hydrogens (primary N) is 1. The van der Waals surface area contributed by atoms with Gasteiger partial charge in [-0.2, -0.15) is 5.10 Å². The van der Waals surface area contributed by atoms with Gasteiger partial charge >= 0.3 is 0 Å². The molecule has 0 aliphatic carbocycles. The van der Waals surface area contributed by atoms with Crippen LogP contribution in [0.3, 0.4) is 0 Å². The van der Waals surface area contributed by atoms with Crippen molar-refractivity contribution in [2.24, 2.45) is 0 Å². The van der Waals surface area contributed by atoms with Crippen LogP contribution in [0.4, 0.5) is 5.69 Å². The number of nitrogens with one attached hydrogen (secondary N) is 2. The number of amides is 1. The Morgan fingerprint density at radius 3 is 2.84 bits per heavy atom. The summed E-state index contributed by atoms with van der Waals surface area (Å²) in [5.41, 5.74) is 9.63. The third kappa shape index (κ3) is 2.78. The lowest BCUT2D eigenvalue weighted by molar-refractivity contribution is 0.0951. The van der Waals surface area contributed by atoms with Crippen LogP contribution < -0.4 is 11.1 Å². The highest BCUT2D eigenvalue weighted by Gasteiger charge is 2.13. The van der Waals surface area contributed by atoms with Crippen LogP contribution in [0.2, 0.25) is 0 Å². The number of carbonyl (C=O) groups is 1. The van der Waals surface area contributed by atoms with Crippen LogP contribution in [0.15, 0.2) is 22.7 Å². The Bertz CT molecular complexity index is 602. The number of nitrogens with zero attached hydrogens (tertiary/aromatic N) is 1.